The molecule has 34 heavy (non-hydrogen) atoms. The summed E-state index contributed by atoms with van der Waals surface area (Å²) in [6.45, 7) is 1.34. The van der Waals surface area contributed by atoms with E-state index in [4.69, 9.17) is 5.11 Å². The molecular weight excluding hydrogens is 428 g/mol. The Morgan fingerprint density at radius 1 is 1.03 bits per heavy atom. The summed E-state index contributed by atoms with van der Waals surface area (Å²) >= 11 is 0. The summed E-state index contributed by atoms with van der Waals surface area (Å²) in [7, 11) is 0. The van der Waals surface area contributed by atoms with Crippen LogP contribution < -0.4 is 10.6 Å². The highest BCUT2D eigenvalue weighted by Crippen LogP contribution is 2.27. The van der Waals surface area contributed by atoms with Crippen LogP contribution in [0.1, 0.15) is 29.2 Å². The van der Waals surface area contributed by atoms with Crippen LogP contribution in [-0.2, 0) is 11.2 Å². The third-order valence-corrected chi connectivity index (χ3v) is 6.24. The first-order chi connectivity index (χ1) is 16.6. The molecule has 1 aromatic heterocycles. The Balaban J connectivity index is 1.59. The maximum atomic E-state index is 13.7. The second kappa shape index (κ2) is 11.4. The number of pyridine rings is 1. The average molecular weight is 459 g/mol. The van der Waals surface area contributed by atoms with Crippen LogP contribution in [-0.4, -0.2) is 58.7 Å². The van der Waals surface area contributed by atoms with E-state index in [2.05, 4.69) is 39.9 Å². The molecule has 0 spiro atoms. The highest BCUT2D eigenvalue weighted by molar-refractivity contribution is 5.82. The number of hydrogen-bond acceptors (Lipinski definition) is 4. The number of carbonyl (C=O) groups excluding carboxylic acids is 1. The summed E-state index contributed by atoms with van der Waals surface area (Å²) in [6.07, 6.45) is 1.75. The molecule has 1 saturated heterocycles. The number of amides is 2. The van der Waals surface area contributed by atoms with Crippen molar-refractivity contribution in [2.24, 2.45) is 0 Å². The average Bonchev–Trinajstić information content (AvgIpc) is 3.01. The molecule has 7 nitrogen and oxygen atoms in total. The van der Waals surface area contributed by atoms with Crippen molar-refractivity contribution >= 4 is 12.0 Å². The van der Waals surface area contributed by atoms with Crippen LogP contribution in [0.4, 0.5) is 4.79 Å². The first-order valence-electron chi connectivity index (χ1n) is 11.6. The Labute approximate surface area is 199 Å². The number of carbonyl (C=O) groups is 2. The normalized spacial score (nSPS) is 18.5. The highest BCUT2D eigenvalue weighted by Gasteiger charge is 2.33. The second-order valence-electron chi connectivity index (χ2n) is 8.57. The molecule has 0 radical (unpaired) electrons. The van der Waals surface area contributed by atoms with Crippen molar-refractivity contribution in [3.8, 4) is 0 Å². The molecule has 0 aliphatic carbocycles. The maximum absolute atomic E-state index is 13.7. The molecule has 0 bridgehead atoms. The van der Waals surface area contributed by atoms with Crippen LogP contribution in [0.2, 0.25) is 0 Å². The number of hydrogen-bond donors (Lipinski definition) is 3. The predicted molar refractivity (Wildman–Crippen MR) is 131 cm³/mol. The lowest BCUT2D eigenvalue weighted by Gasteiger charge is -2.29. The SMILES string of the molecule is O=C(O)NC[C@@H]1CCN(CC(c2ccccc2)c2ccccc2)C(=O)[C@H](Cc2ccccn2)N1. The van der Waals surface area contributed by atoms with Gasteiger partial charge in [0.1, 0.15) is 0 Å². The van der Waals surface area contributed by atoms with Gasteiger partial charge < -0.3 is 20.6 Å². The first kappa shape index (κ1) is 23.4. The summed E-state index contributed by atoms with van der Waals surface area (Å²) in [4.78, 5) is 31.1. The third-order valence-electron chi connectivity index (χ3n) is 6.24. The topological polar surface area (TPSA) is 94.6 Å². The van der Waals surface area contributed by atoms with Gasteiger partial charge in [0.2, 0.25) is 5.91 Å². The lowest BCUT2D eigenvalue weighted by Crippen LogP contribution is -2.50. The number of carboxylic acid groups (broad SMARTS) is 1. The molecule has 3 N–H and O–H groups in total. The van der Waals surface area contributed by atoms with Crippen molar-refractivity contribution in [1.29, 1.82) is 0 Å². The largest absolute Gasteiger partial charge is 0.465 e. The van der Waals surface area contributed by atoms with Gasteiger partial charge in [0.25, 0.3) is 0 Å². The summed E-state index contributed by atoms with van der Waals surface area (Å²) in [5.74, 6) is 0.0517. The van der Waals surface area contributed by atoms with Crippen molar-refractivity contribution in [3.63, 3.8) is 0 Å². The van der Waals surface area contributed by atoms with Gasteiger partial charge in [-0.05, 0) is 29.7 Å². The molecule has 2 aromatic carbocycles. The van der Waals surface area contributed by atoms with E-state index in [1.54, 1.807) is 6.20 Å². The quantitative estimate of drug-likeness (QED) is 0.482. The predicted octanol–water partition coefficient (Wildman–Crippen LogP) is 3.28. The van der Waals surface area contributed by atoms with Crippen molar-refractivity contribution in [3.05, 3.63) is 102 Å². The summed E-state index contributed by atoms with van der Waals surface area (Å²) < 4.78 is 0. The molecule has 2 atom stereocenters. The van der Waals surface area contributed by atoms with Gasteiger partial charge in [0, 0.05) is 49.9 Å². The van der Waals surface area contributed by atoms with Crippen LogP contribution in [0, 0.1) is 0 Å². The summed E-state index contributed by atoms with van der Waals surface area (Å²) in [5, 5.41) is 14.9. The Kier molecular flexibility index (Phi) is 7.88. The van der Waals surface area contributed by atoms with Gasteiger partial charge in [-0.3, -0.25) is 9.78 Å². The molecular formula is C27H30N4O3. The van der Waals surface area contributed by atoms with Gasteiger partial charge in [0.15, 0.2) is 0 Å². The number of rotatable bonds is 8. The molecule has 0 unspecified atom stereocenters. The van der Waals surface area contributed by atoms with E-state index in [0.29, 0.717) is 25.9 Å². The standard InChI is InChI=1S/C27H30N4O3/c32-26-25(17-22-13-7-8-15-28-22)30-23(18-29-27(33)34)14-16-31(26)19-24(20-9-3-1-4-10-20)21-11-5-2-6-12-21/h1-13,15,23-25,29-30H,14,16-19H2,(H,33,34)/t23-,25-/m0/s1. The van der Waals surface area contributed by atoms with E-state index in [9.17, 15) is 9.59 Å². The molecule has 2 heterocycles. The fraction of sp³-hybridized carbons (Fsp3) is 0.296. The number of nitrogens with one attached hydrogen (secondary N) is 2. The molecule has 1 aliphatic heterocycles. The fourth-order valence-corrected chi connectivity index (χ4v) is 4.50. The fourth-order valence-electron chi connectivity index (χ4n) is 4.50. The van der Waals surface area contributed by atoms with E-state index < -0.39 is 12.1 Å². The van der Waals surface area contributed by atoms with Gasteiger partial charge in [-0.2, -0.15) is 0 Å². The zero-order valence-electron chi connectivity index (χ0n) is 19.0. The first-order valence-corrected chi connectivity index (χ1v) is 11.6. The molecule has 3 aromatic rings. The molecule has 2 amide bonds. The number of nitrogens with zero attached hydrogens (tertiary/aromatic N) is 2. The zero-order valence-corrected chi connectivity index (χ0v) is 19.0. The van der Waals surface area contributed by atoms with Crippen molar-refractivity contribution in [2.45, 2.75) is 30.8 Å². The van der Waals surface area contributed by atoms with Gasteiger partial charge in [-0.1, -0.05) is 66.7 Å². The minimum atomic E-state index is -1.07. The molecule has 0 saturated carbocycles. The van der Waals surface area contributed by atoms with Crippen LogP contribution in [0.15, 0.2) is 85.1 Å². The van der Waals surface area contributed by atoms with Gasteiger partial charge in [-0.15, -0.1) is 0 Å². The summed E-state index contributed by atoms with van der Waals surface area (Å²) in [5.41, 5.74) is 3.14. The lowest BCUT2D eigenvalue weighted by atomic mass is 9.90. The number of benzene rings is 2. The van der Waals surface area contributed by atoms with Gasteiger partial charge in [-0.25, -0.2) is 4.79 Å². The minimum Gasteiger partial charge on any atom is -0.465 e. The Bertz CT molecular complexity index is 1020. The van der Waals surface area contributed by atoms with Crippen LogP contribution >= 0.6 is 0 Å². The molecule has 1 fully saturated rings. The zero-order chi connectivity index (χ0) is 23.8. The highest BCUT2D eigenvalue weighted by atomic mass is 16.4. The van der Waals surface area contributed by atoms with E-state index in [0.717, 1.165) is 16.8 Å². The van der Waals surface area contributed by atoms with Crippen LogP contribution in [0.3, 0.4) is 0 Å². The van der Waals surface area contributed by atoms with Crippen molar-refractivity contribution in [1.82, 2.24) is 20.5 Å². The summed E-state index contributed by atoms with van der Waals surface area (Å²) in [6, 6.07) is 25.5. The lowest BCUT2D eigenvalue weighted by molar-refractivity contribution is -0.132. The van der Waals surface area contributed by atoms with Crippen molar-refractivity contribution in [2.75, 3.05) is 19.6 Å². The third kappa shape index (κ3) is 6.20. The van der Waals surface area contributed by atoms with Gasteiger partial charge >= 0.3 is 6.09 Å². The molecule has 1 aliphatic rings. The van der Waals surface area contributed by atoms with Crippen molar-refractivity contribution < 1.29 is 14.7 Å². The smallest absolute Gasteiger partial charge is 0.404 e. The molecule has 176 valence electrons. The van der Waals surface area contributed by atoms with Crippen LogP contribution in [0.5, 0.6) is 0 Å². The molecule has 7 heteroatoms. The van der Waals surface area contributed by atoms with E-state index >= 15 is 0 Å². The Hall–Kier alpha value is -3.71. The van der Waals surface area contributed by atoms with Crippen LogP contribution in [0.25, 0.3) is 0 Å². The molecule has 4 rings (SSSR count). The minimum absolute atomic E-state index is 0.0142. The van der Waals surface area contributed by atoms with E-state index in [-0.39, 0.29) is 24.4 Å². The Morgan fingerprint density at radius 3 is 2.26 bits per heavy atom. The van der Waals surface area contributed by atoms with E-state index in [1.165, 1.54) is 0 Å². The second-order valence-corrected chi connectivity index (χ2v) is 8.57. The van der Waals surface area contributed by atoms with Gasteiger partial charge in [0.05, 0.1) is 6.04 Å². The number of aromatic nitrogens is 1. The Morgan fingerprint density at radius 2 is 1.68 bits per heavy atom. The maximum Gasteiger partial charge on any atom is 0.404 e. The van der Waals surface area contributed by atoms with E-state index in [1.807, 2.05) is 59.5 Å². The monoisotopic (exact) mass is 458 g/mol.